The topological polar surface area (TPSA) is 0 Å². The van der Waals surface area contributed by atoms with Gasteiger partial charge in [-0.2, -0.15) is 0 Å². The first-order valence-electron chi connectivity index (χ1n) is 4.46. The van der Waals surface area contributed by atoms with Crippen LogP contribution >= 0.6 is 0 Å². The molecule has 0 unspecified atom stereocenters. The molecule has 0 N–H and O–H groups in total. The van der Waals surface area contributed by atoms with Crippen LogP contribution in [-0.2, 0) is 6.42 Å². The number of hydrogen-bond donors (Lipinski definition) is 0. The summed E-state index contributed by atoms with van der Waals surface area (Å²) >= 11 is 0. The zero-order valence-electron chi connectivity index (χ0n) is 8.09. The summed E-state index contributed by atoms with van der Waals surface area (Å²) in [6.07, 6.45) is 4.20. The van der Waals surface area contributed by atoms with Gasteiger partial charge in [0.1, 0.15) is 0 Å². The lowest BCUT2D eigenvalue weighted by Gasteiger charge is -1.93. The van der Waals surface area contributed by atoms with E-state index in [9.17, 15) is 0 Å². The van der Waals surface area contributed by atoms with Gasteiger partial charge in [-0.3, -0.25) is 0 Å². The summed E-state index contributed by atoms with van der Waals surface area (Å²) in [5, 5.41) is 0. The molecule has 0 nitrogen and oxygen atoms in total. The van der Waals surface area contributed by atoms with Crippen LogP contribution in [0.15, 0.2) is 43.0 Å². The summed E-state index contributed by atoms with van der Waals surface area (Å²) in [7, 11) is 0. The lowest BCUT2D eigenvalue weighted by Crippen LogP contribution is -1.78. The van der Waals surface area contributed by atoms with Crippen molar-refractivity contribution in [1.29, 1.82) is 0 Å². The quantitative estimate of drug-likeness (QED) is 0.580. The number of rotatable bonds is 2. The predicted octanol–water partition coefficient (Wildman–Crippen LogP) is 3.83. The summed E-state index contributed by atoms with van der Waals surface area (Å²) < 4.78 is 0. The maximum Gasteiger partial charge on any atom is -0.0281 e. The Hall–Kier alpha value is -1.04. The maximum absolute atomic E-state index is 3.36. The minimum Gasteiger partial charge on any atom is -0.103 e. The highest BCUT2D eigenvalue weighted by Gasteiger charge is 1.84. The Morgan fingerprint density at radius 3 is 2.17 bits per heavy atom. The fourth-order valence-electron chi connectivity index (χ4n) is 0.933. The van der Waals surface area contributed by atoms with Crippen LogP contribution in [0.3, 0.4) is 0 Å². The van der Waals surface area contributed by atoms with Gasteiger partial charge in [-0.05, 0) is 18.9 Å². The molecule has 0 bridgehead atoms. The van der Waals surface area contributed by atoms with Gasteiger partial charge >= 0.3 is 0 Å². The highest BCUT2D eigenvalue weighted by Crippen LogP contribution is 2.00. The van der Waals surface area contributed by atoms with E-state index in [0.29, 0.717) is 0 Å². The Morgan fingerprint density at radius 1 is 1.25 bits per heavy atom. The highest BCUT2D eigenvalue weighted by atomic mass is 13.9. The van der Waals surface area contributed by atoms with Crippen molar-refractivity contribution < 1.29 is 0 Å². The summed E-state index contributed by atoms with van der Waals surface area (Å²) in [5.74, 6) is 0. The molecule has 0 aliphatic heterocycles. The van der Waals surface area contributed by atoms with E-state index < -0.39 is 0 Å². The average Bonchev–Trinajstić information content (AvgIpc) is 2.08. The molecule has 0 heterocycles. The molecule has 0 heteroatoms. The van der Waals surface area contributed by atoms with Gasteiger partial charge in [0.2, 0.25) is 0 Å². The van der Waals surface area contributed by atoms with E-state index in [1.165, 1.54) is 18.4 Å². The van der Waals surface area contributed by atoms with Crippen molar-refractivity contribution in [1.82, 2.24) is 0 Å². The molecule has 0 aromatic heterocycles. The normalized spacial score (nSPS) is 8.17. The molecule has 1 rings (SSSR count). The van der Waals surface area contributed by atoms with Gasteiger partial charge in [-0.15, -0.1) is 6.58 Å². The number of aryl methyl sites for hydroxylation is 1. The van der Waals surface area contributed by atoms with Gasteiger partial charge in [0.15, 0.2) is 0 Å². The Labute approximate surface area is 75.9 Å². The third kappa shape index (κ3) is 5.72. The maximum atomic E-state index is 3.36. The van der Waals surface area contributed by atoms with E-state index in [1.54, 1.807) is 6.08 Å². The van der Waals surface area contributed by atoms with Crippen LogP contribution < -0.4 is 0 Å². The fourth-order valence-corrected chi connectivity index (χ4v) is 0.933. The van der Waals surface area contributed by atoms with Gasteiger partial charge in [-0.1, -0.05) is 49.8 Å². The molecule has 0 aliphatic rings. The summed E-state index contributed by atoms with van der Waals surface area (Å²) in [4.78, 5) is 0. The van der Waals surface area contributed by atoms with Crippen molar-refractivity contribution >= 4 is 0 Å². The lowest BCUT2D eigenvalue weighted by atomic mass is 10.1. The van der Waals surface area contributed by atoms with Crippen LogP contribution in [0.1, 0.15) is 25.8 Å². The Bertz CT molecular complexity index is 186. The fraction of sp³-hybridized carbons (Fsp3) is 0.333. The Morgan fingerprint density at radius 2 is 1.75 bits per heavy atom. The van der Waals surface area contributed by atoms with Crippen LogP contribution in [0.25, 0.3) is 0 Å². The van der Waals surface area contributed by atoms with Gasteiger partial charge in [0.25, 0.3) is 0 Å². The zero-order valence-corrected chi connectivity index (χ0v) is 8.09. The van der Waals surface area contributed by atoms with Crippen LogP contribution in [0, 0.1) is 0 Å². The molecule has 12 heavy (non-hydrogen) atoms. The Balaban J connectivity index is 0.000000354. The summed E-state index contributed by atoms with van der Waals surface area (Å²) in [6, 6.07) is 10.6. The first kappa shape index (κ1) is 11.0. The second kappa shape index (κ2) is 8.06. The van der Waals surface area contributed by atoms with E-state index in [1.807, 2.05) is 6.92 Å². The number of hydrogen-bond acceptors (Lipinski definition) is 0. The first-order chi connectivity index (χ1) is 5.85. The second-order valence-corrected chi connectivity index (χ2v) is 2.64. The van der Waals surface area contributed by atoms with Crippen molar-refractivity contribution in [3.05, 3.63) is 48.6 Å². The minimum atomic E-state index is 1.21. The SMILES string of the molecule is C=CC.CCCc1ccccc1. The zero-order chi connectivity index (χ0) is 9.23. The van der Waals surface area contributed by atoms with Gasteiger partial charge in [0.05, 0.1) is 0 Å². The highest BCUT2D eigenvalue weighted by molar-refractivity contribution is 5.14. The van der Waals surface area contributed by atoms with Crippen LogP contribution in [0.5, 0.6) is 0 Å². The third-order valence-electron chi connectivity index (χ3n) is 1.38. The summed E-state index contributed by atoms with van der Waals surface area (Å²) in [5.41, 5.74) is 1.44. The molecule has 0 atom stereocenters. The Kier molecular flexibility index (Phi) is 7.36. The second-order valence-electron chi connectivity index (χ2n) is 2.64. The van der Waals surface area contributed by atoms with Crippen LogP contribution in [0.4, 0.5) is 0 Å². The monoisotopic (exact) mass is 162 g/mol. The van der Waals surface area contributed by atoms with E-state index in [4.69, 9.17) is 0 Å². The van der Waals surface area contributed by atoms with E-state index in [-0.39, 0.29) is 0 Å². The third-order valence-corrected chi connectivity index (χ3v) is 1.38. The molecule has 66 valence electrons. The molecule has 0 aliphatic carbocycles. The molecule has 0 spiro atoms. The first-order valence-corrected chi connectivity index (χ1v) is 4.46. The van der Waals surface area contributed by atoms with Crippen molar-refractivity contribution in [2.24, 2.45) is 0 Å². The van der Waals surface area contributed by atoms with E-state index in [0.717, 1.165) is 0 Å². The van der Waals surface area contributed by atoms with Crippen LogP contribution in [-0.4, -0.2) is 0 Å². The standard InChI is InChI=1S/C9H12.C3H6/c1-2-6-9-7-4-3-5-8-9;1-3-2/h3-5,7-8H,2,6H2,1H3;3H,1H2,2H3. The predicted molar refractivity (Wildman–Crippen MR) is 56.3 cm³/mol. The molecule has 0 saturated carbocycles. The minimum absolute atomic E-state index is 1.21. The van der Waals surface area contributed by atoms with Crippen molar-refractivity contribution in [2.75, 3.05) is 0 Å². The molecule has 0 fully saturated rings. The molecule has 1 aromatic rings. The van der Waals surface area contributed by atoms with Crippen molar-refractivity contribution in [2.45, 2.75) is 26.7 Å². The van der Waals surface area contributed by atoms with Gasteiger partial charge in [-0.25, -0.2) is 0 Å². The molecule has 0 amide bonds. The van der Waals surface area contributed by atoms with E-state index in [2.05, 4.69) is 43.8 Å². The molecular formula is C12H18. The average molecular weight is 162 g/mol. The summed E-state index contributed by atoms with van der Waals surface area (Å²) in [6.45, 7) is 7.45. The molecule has 1 aromatic carbocycles. The number of benzene rings is 1. The molecular weight excluding hydrogens is 144 g/mol. The largest absolute Gasteiger partial charge is 0.103 e. The molecule has 0 radical (unpaired) electrons. The lowest BCUT2D eigenvalue weighted by molar-refractivity contribution is 0.922. The van der Waals surface area contributed by atoms with Gasteiger partial charge < -0.3 is 0 Å². The number of allylic oxidation sites excluding steroid dienone is 1. The van der Waals surface area contributed by atoms with Crippen molar-refractivity contribution in [3.8, 4) is 0 Å². The van der Waals surface area contributed by atoms with Crippen molar-refractivity contribution in [3.63, 3.8) is 0 Å². The van der Waals surface area contributed by atoms with Crippen LogP contribution in [0.2, 0.25) is 0 Å². The smallest absolute Gasteiger partial charge is 0.0281 e. The molecule has 0 saturated heterocycles. The van der Waals surface area contributed by atoms with Gasteiger partial charge in [0, 0.05) is 0 Å². The van der Waals surface area contributed by atoms with E-state index >= 15 is 0 Å².